The van der Waals surface area contributed by atoms with E-state index in [2.05, 4.69) is 0 Å². The first-order valence-corrected chi connectivity index (χ1v) is 10.7. The topological polar surface area (TPSA) is 112 Å². The number of rotatable bonds is 3. The molecule has 1 aromatic carbocycles. The highest BCUT2D eigenvalue weighted by Gasteiger charge is 2.73. The quantitative estimate of drug-likeness (QED) is 0.572. The van der Waals surface area contributed by atoms with E-state index in [0.29, 0.717) is 25.1 Å². The molecule has 4 atom stereocenters. The van der Waals surface area contributed by atoms with E-state index >= 15 is 0 Å². The fraction of sp³-hybridized carbons (Fsp3) is 0.591. The molecule has 2 aliphatic heterocycles. The summed E-state index contributed by atoms with van der Waals surface area (Å²) in [6, 6.07) is 2.88. The number of ether oxygens (including phenoxy) is 4. The Morgan fingerprint density at radius 1 is 1.23 bits per heavy atom. The summed E-state index contributed by atoms with van der Waals surface area (Å²) in [6.45, 7) is 4.15. The second-order valence-electron chi connectivity index (χ2n) is 8.43. The highest BCUT2D eigenvalue weighted by molar-refractivity contribution is 5.90. The second kappa shape index (κ2) is 6.85. The summed E-state index contributed by atoms with van der Waals surface area (Å²) in [5.41, 5.74) is -0.758. The zero-order valence-electron chi connectivity index (χ0n) is 17.5. The maximum atomic E-state index is 12.9. The van der Waals surface area contributed by atoms with Crippen LogP contribution in [-0.4, -0.2) is 65.5 Å². The number of ketones is 1. The summed E-state index contributed by atoms with van der Waals surface area (Å²) in [4.78, 5) is 39.1. The van der Waals surface area contributed by atoms with Crippen LogP contribution in [0.25, 0.3) is 0 Å². The molecule has 1 saturated heterocycles. The van der Waals surface area contributed by atoms with Crippen molar-refractivity contribution in [3.63, 3.8) is 0 Å². The summed E-state index contributed by atoms with van der Waals surface area (Å²) >= 11 is 0. The van der Waals surface area contributed by atoms with Gasteiger partial charge in [0.1, 0.15) is 0 Å². The van der Waals surface area contributed by atoms with Crippen LogP contribution in [0.1, 0.15) is 44.2 Å². The van der Waals surface area contributed by atoms with Gasteiger partial charge in [0.2, 0.25) is 0 Å². The van der Waals surface area contributed by atoms with Crippen molar-refractivity contribution in [2.24, 2.45) is 0 Å². The van der Waals surface area contributed by atoms with Gasteiger partial charge in [-0.25, -0.2) is 9.59 Å². The Kier molecular flexibility index (Phi) is 4.44. The molecule has 1 N–H and O–H groups in total. The van der Waals surface area contributed by atoms with Gasteiger partial charge >= 0.3 is 12.2 Å². The van der Waals surface area contributed by atoms with Gasteiger partial charge in [0.25, 0.3) is 0 Å². The molecule has 0 radical (unpaired) electrons. The first-order valence-electron chi connectivity index (χ1n) is 10.7. The minimum absolute atomic E-state index is 0.0980. The lowest BCUT2D eigenvalue weighted by Crippen LogP contribution is -2.77. The highest BCUT2D eigenvalue weighted by atomic mass is 16.7. The smallest absolute Gasteiger partial charge is 0.477 e. The van der Waals surface area contributed by atoms with Gasteiger partial charge in [-0.05, 0) is 44.7 Å². The number of carbonyl (C=O) groups is 3. The Bertz CT molecular complexity index is 977. The molecule has 2 aliphatic carbocycles. The normalized spacial score (nSPS) is 32.1. The first kappa shape index (κ1) is 20.1. The van der Waals surface area contributed by atoms with E-state index in [4.69, 9.17) is 18.9 Å². The summed E-state index contributed by atoms with van der Waals surface area (Å²) in [7, 11) is 0. The zero-order valence-corrected chi connectivity index (χ0v) is 17.5. The van der Waals surface area contributed by atoms with Crippen LogP contribution in [0.2, 0.25) is 0 Å². The molecule has 1 aromatic rings. The SMILES string of the molecule is CCOC(=O)Oc1ccc2c3c1O[C@H]1C(=O)CCC4(O)[C@@H](C2)N(C(=O)OCC)CC[C@]314. The number of nitrogens with zero attached hydrogens (tertiary/aromatic N) is 1. The number of Topliss-reactive ketones (excluding diaryl/α,β-unsaturated/α-hetero) is 1. The van der Waals surface area contributed by atoms with Crippen molar-refractivity contribution in [1.29, 1.82) is 0 Å². The van der Waals surface area contributed by atoms with Crippen molar-refractivity contribution in [1.82, 2.24) is 4.90 Å². The van der Waals surface area contributed by atoms with Crippen LogP contribution in [-0.2, 0) is 26.1 Å². The van der Waals surface area contributed by atoms with E-state index in [0.717, 1.165) is 11.1 Å². The average Bonchev–Trinajstić information content (AvgIpc) is 3.08. The highest BCUT2D eigenvalue weighted by Crippen LogP contribution is 2.64. The molecule has 1 saturated carbocycles. The minimum Gasteiger partial charge on any atom is -0.477 e. The molecule has 1 unspecified atom stereocenters. The third kappa shape index (κ3) is 2.49. The molecule has 1 spiro atoms. The predicted molar refractivity (Wildman–Crippen MR) is 105 cm³/mol. The van der Waals surface area contributed by atoms with E-state index in [1.54, 1.807) is 30.9 Å². The van der Waals surface area contributed by atoms with Crippen LogP contribution < -0.4 is 9.47 Å². The van der Waals surface area contributed by atoms with Crippen molar-refractivity contribution >= 4 is 18.0 Å². The van der Waals surface area contributed by atoms with Gasteiger partial charge in [0, 0.05) is 18.5 Å². The van der Waals surface area contributed by atoms with Crippen molar-refractivity contribution in [2.75, 3.05) is 19.8 Å². The number of hydrogen-bond donors (Lipinski definition) is 1. The molecule has 5 rings (SSSR count). The molecule has 166 valence electrons. The van der Waals surface area contributed by atoms with Gasteiger partial charge in [-0.15, -0.1) is 0 Å². The van der Waals surface area contributed by atoms with Gasteiger partial charge in [-0.2, -0.15) is 0 Å². The molecular formula is C22H25NO8. The Morgan fingerprint density at radius 3 is 2.74 bits per heavy atom. The van der Waals surface area contributed by atoms with Crippen LogP contribution >= 0.6 is 0 Å². The van der Waals surface area contributed by atoms with E-state index in [1.807, 2.05) is 0 Å². The Labute approximate surface area is 179 Å². The zero-order chi connectivity index (χ0) is 22.0. The van der Waals surface area contributed by atoms with Gasteiger partial charge in [0.05, 0.1) is 30.3 Å². The lowest BCUT2D eigenvalue weighted by Gasteiger charge is -2.61. The molecule has 1 amide bonds. The fourth-order valence-corrected chi connectivity index (χ4v) is 6.06. The van der Waals surface area contributed by atoms with Crippen LogP contribution in [0.3, 0.4) is 0 Å². The molecule has 9 heteroatoms. The summed E-state index contributed by atoms with van der Waals surface area (Å²) < 4.78 is 21.6. The van der Waals surface area contributed by atoms with Gasteiger partial charge < -0.3 is 29.0 Å². The van der Waals surface area contributed by atoms with Crippen molar-refractivity contribution in [3.8, 4) is 11.5 Å². The van der Waals surface area contributed by atoms with E-state index < -0.39 is 35.4 Å². The number of likely N-dealkylation sites (tertiary alicyclic amines) is 1. The monoisotopic (exact) mass is 431 g/mol. The molecule has 9 nitrogen and oxygen atoms in total. The molecule has 2 fully saturated rings. The molecule has 31 heavy (non-hydrogen) atoms. The Balaban J connectivity index is 1.65. The van der Waals surface area contributed by atoms with Crippen molar-refractivity contribution in [2.45, 2.75) is 62.7 Å². The molecular weight excluding hydrogens is 406 g/mol. The maximum absolute atomic E-state index is 12.9. The Hall–Kier alpha value is -2.81. The number of benzene rings is 1. The van der Waals surface area contributed by atoms with Crippen molar-refractivity contribution < 1.29 is 38.4 Å². The maximum Gasteiger partial charge on any atom is 0.513 e. The summed E-state index contributed by atoms with van der Waals surface area (Å²) in [5, 5.41) is 12.1. The first-order chi connectivity index (χ1) is 14.9. The predicted octanol–water partition coefficient (Wildman–Crippen LogP) is 2.10. The third-order valence-electron chi connectivity index (χ3n) is 7.20. The lowest BCUT2D eigenvalue weighted by molar-refractivity contribution is -0.183. The molecule has 2 heterocycles. The van der Waals surface area contributed by atoms with Crippen molar-refractivity contribution in [3.05, 3.63) is 23.3 Å². The standard InChI is InChI=1S/C22H25NO8/c1-3-28-19(25)23-10-9-21-16-12-5-6-14(30-20(26)29-4-2)17(16)31-18(21)13(24)7-8-22(21,27)15(23)11-12/h5-6,15,18,27H,3-4,7-11H2,1-2H3/t15-,18+,21+,22?/m1/s1. The van der Waals surface area contributed by atoms with E-state index in [1.165, 1.54) is 0 Å². The molecule has 2 bridgehead atoms. The summed E-state index contributed by atoms with van der Waals surface area (Å²) in [5.74, 6) is 0.383. The Morgan fingerprint density at radius 2 is 2.00 bits per heavy atom. The van der Waals surface area contributed by atoms with Gasteiger partial charge in [0.15, 0.2) is 23.4 Å². The van der Waals surface area contributed by atoms with E-state index in [9.17, 15) is 19.5 Å². The number of hydrogen-bond acceptors (Lipinski definition) is 8. The van der Waals surface area contributed by atoms with Crippen LogP contribution in [0.15, 0.2) is 12.1 Å². The van der Waals surface area contributed by atoms with Crippen LogP contribution in [0, 0.1) is 0 Å². The van der Waals surface area contributed by atoms with Gasteiger partial charge in [-0.1, -0.05) is 6.07 Å². The fourth-order valence-electron chi connectivity index (χ4n) is 6.06. The van der Waals surface area contributed by atoms with Crippen LogP contribution in [0.5, 0.6) is 11.5 Å². The lowest BCUT2D eigenvalue weighted by atomic mass is 9.49. The average molecular weight is 431 g/mol. The largest absolute Gasteiger partial charge is 0.513 e. The number of aliphatic hydroxyl groups is 1. The summed E-state index contributed by atoms with van der Waals surface area (Å²) in [6.07, 6.45) is -1.10. The third-order valence-corrected chi connectivity index (χ3v) is 7.20. The minimum atomic E-state index is -1.35. The van der Waals surface area contributed by atoms with Gasteiger partial charge in [-0.3, -0.25) is 4.79 Å². The number of piperidine rings is 1. The number of carbonyl (C=O) groups excluding carboxylic acids is 3. The van der Waals surface area contributed by atoms with Crippen LogP contribution in [0.4, 0.5) is 9.59 Å². The second-order valence-corrected chi connectivity index (χ2v) is 8.43. The number of amides is 1. The molecule has 4 aliphatic rings. The molecule has 0 aromatic heterocycles. The van der Waals surface area contributed by atoms with E-state index in [-0.39, 0.29) is 37.6 Å².